The van der Waals surface area contributed by atoms with Gasteiger partial charge in [0.1, 0.15) is 4.21 Å². The van der Waals surface area contributed by atoms with Crippen molar-refractivity contribution in [3.05, 3.63) is 29.7 Å². The lowest BCUT2D eigenvalue weighted by Crippen LogP contribution is -2.45. The molecule has 20 heavy (non-hydrogen) atoms. The second-order valence-electron chi connectivity index (χ2n) is 5.50. The molecule has 0 aliphatic heterocycles. The van der Waals surface area contributed by atoms with Gasteiger partial charge in [0.25, 0.3) is 10.0 Å². The van der Waals surface area contributed by atoms with Crippen LogP contribution in [0.25, 0.3) is 0 Å². The maximum Gasteiger partial charge on any atom is 0.253 e. The van der Waals surface area contributed by atoms with Crippen molar-refractivity contribution in [1.29, 1.82) is 0 Å². The lowest BCUT2D eigenvalue weighted by atomic mass is 10.1. The zero-order chi connectivity index (χ0) is 15.4. The molecule has 1 heterocycles. The van der Waals surface area contributed by atoms with Crippen LogP contribution in [0.1, 0.15) is 32.6 Å². The predicted octanol–water partition coefficient (Wildman–Crippen LogP) is 2.83. The number of hydrogen-bond acceptors (Lipinski definition) is 4. The number of rotatable bonds is 7. The summed E-state index contributed by atoms with van der Waals surface area (Å²) in [6, 6.07) is 3.56. The van der Waals surface area contributed by atoms with E-state index in [9.17, 15) is 8.42 Å². The van der Waals surface area contributed by atoms with E-state index in [1.54, 1.807) is 12.1 Å². The molecule has 1 N–H and O–H groups in total. The maximum absolute atomic E-state index is 12.7. The van der Waals surface area contributed by atoms with Crippen molar-refractivity contribution in [3.8, 4) is 0 Å². The Morgan fingerprint density at radius 1 is 1.40 bits per heavy atom. The molecular weight excluding hydrogens is 292 g/mol. The summed E-state index contributed by atoms with van der Waals surface area (Å²) in [5, 5.41) is 3.20. The Bertz CT molecular complexity index is 542. The molecule has 0 aliphatic rings. The van der Waals surface area contributed by atoms with Gasteiger partial charge < -0.3 is 5.32 Å². The third-order valence-corrected chi connectivity index (χ3v) is 6.46. The van der Waals surface area contributed by atoms with Gasteiger partial charge in [-0.1, -0.05) is 13.0 Å². The quantitative estimate of drug-likeness (QED) is 0.787. The van der Waals surface area contributed by atoms with E-state index >= 15 is 0 Å². The predicted molar refractivity (Wildman–Crippen MR) is 85.5 cm³/mol. The Morgan fingerprint density at radius 2 is 2.05 bits per heavy atom. The van der Waals surface area contributed by atoms with Gasteiger partial charge in [-0.2, -0.15) is 4.31 Å². The van der Waals surface area contributed by atoms with E-state index in [2.05, 4.69) is 11.9 Å². The summed E-state index contributed by atoms with van der Waals surface area (Å²) in [6.07, 6.45) is 1.62. The topological polar surface area (TPSA) is 49.4 Å². The third-order valence-electron chi connectivity index (χ3n) is 2.77. The van der Waals surface area contributed by atoms with Crippen molar-refractivity contribution in [3.63, 3.8) is 0 Å². The average molecular weight is 316 g/mol. The average Bonchev–Trinajstić information content (AvgIpc) is 2.81. The fourth-order valence-electron chi connectivity index (χ4n) is 1.80. The van der Waals surface area contributed by atoms with E-state index in [0.29, 0.717) is 17.3 Å². The SMILES string of the molecule is C=CCN(C(C)(C)C)S(=O)(=O)c1ccc(CNCC)s1. The van der Waals surface area contributed by atoms with Crippen LogP contribution in [0, 0.1) is 0 Å². The molecule has 0 amide bonds. The molecule has 0 saturated carbocycles. The van der Waals surface area contributed by atoms with Gasteiger partial charge in [0.15, 0.2) is 0 Å². The molecule has 0 saturated heterocycles. The van der Waals surface area contributed by atoms with Crippen LogP contribution >= 0.6 is 11.3 Å². The van der Waals surface area contributed by atoms with Crippen LogP contribution in [0.15, 0.2) is 29.0 Å². The van der Waals surface area contributed by atoms with Crippen LogP contribution in [-0.4, -0.2) is 31.4 Å². The highest BCUT2D eigenvalue weighted by Crippen LogP contribution is 2.29. The minimum absolute atomic E-state index is 0.312. The van der Waals surface area contributed by atoms with Gasteiger partial charge in [0, 0.05) is 23.5 Å². The summed E-state index contributed by atoms with van der Waals surface area (Å²) >= 11 is 1.32. The van der Waals surface area contributed by atoms with E-state index in [4.69, 9.17) is 0 Å². The van der Waals surface area contributed by atoms with Gasteiger partial charge in [-0.25, -0.2) is 8.42 Å². The maximum atomic E-state index is 12.7. The first kappa shape index (κ1) is 17.4. The highest BCUT2D eigenvalue weighted by Gasteiger charge is 2.33. The Hall–Kier alpha value is -0.690. The molecular formula is C14H24N2O2S2. The molecule has 0 unspecified atom stereocenters. The molecule has 114 valence electrons. The Kier molecular flexibility index (Phi) is 5.94. The molecule has 0 atom stereocenters. The van der Waals surface area contributed by atoms with Crippen molar-refractivity contribution in [2.24, 2.45) is 0 Å². The van der Waals surface area contributed by atoms with Crippen LogP contribution in [0.2, 0.25) is 0 Å². The van der Waals surface area contributed by atoms with Crippen LogP contribution < -0.4 is 5.32 Å². The minimum Gasteiger partial charge on any atom is -0.312 e. The summed E-state index contributed by atoms with van der Waals surface area (Å²) in [7, 11) is -3.47. The van der Waals surface area contributed by atoms with Crippen LogP contribution in [0.4, 0.5) is 0 Å². The van der Waals surface area contributed by atoms with E-state index in [1.807, 2.05) is 33.8 Å². The number of nitrogens with zero attached hydrogens (tertiary/aromatic N) is 1. The molecule has 1 aromatic rings. The summed E-state index contributed by atoms with van der Waals surface area (Å²) < 4.78 is 27.3. The summed E-state index contributed by atoms with van der Waals surface area (Å²) in [6.45, 7) is 13.2. The first-order valence-corrected chi connectivity index (χ1v) is 8.92. The van der Waals surface area contributed by atoms with Crippen molar-refractivity contribution in [1.82, 2.24) is 9.62 Å². The van der Waals surface area contributed by atoms with E-state index in [0.717, 1.165) is 11.4 Å². The van der Waals surface area contributed by atoms with Gasteiger partial charge in [-0.3, -0.25) is 0 Å². The molecule has 4 nitrogen and oxygen atoms in total. The van der Waals surface area contributed by atoms with Crippen molar-refractivity contribution < 1.29 is 8.42 Å². The Morgan fingerprint density at radius 3 is 2.55 bits per heavy atom. The zero-order valence-electron chi connectivity index (χ0n) is 12.6. The zero-order valence-corrected chi connectivity index (χ0v) is 14.3. The van der Waals surface area contributed by atoms with Crippen LogP contribution in [-0.2, 0) is 16.6 Å². The number of nitrogens with one attached hydrogen (secondary N) is 1. The molecule has 1 aromatic heterocycles. The molecule has 1 rings (SSSR count). The highest BCUT2D eigenvalue weighted by molar-refractivity contribution is 7.91. The van der Waals surface area contributed by atoms with Gasteiger partial charge in [-0.15, -0.1) is 17.9 Å². The highest BCUT2D eigenvalue weighted by atomic mass is 32.2. The second kappa shape index (κ2) is 6.85. The van der Waals surface area contributed by atoms with Crippen LogP contribution in [0.3, 0.4) is 0 Å². The molecule has 0 bridgehead atoms. The normalized spacial score (nSPS) is 12.8. The molecule has 6 heteroatoms. The number of thiophene rings is 1. The number of hydrogen-bond donors (Lipinski definition) is 1. The monoisotopic (exact) mass is 316 g/mol. The van der Waals surface area contributed by atoms with E-state index in [-0.39, 0.29) is 0 Å². The molecule has 0 radical (unpaired) electrons. The van der Waals surface area contributed by atoms with Crippen molar-refractivity contribution in [2.45, 2.75) is 44.0 Å². The largest absolute Gasteiger partial charge is 0.312 e. The van der Waals surface area contributed by atoms with E-state index < -0.39 is 15.6 Å². The summed E-state index contributed by atoms with van der Waals surface area (Å²) in [5.41, 5.74) is -0.473. The first-order valence-electron chi connectivity index (χ1n) is 6.66. The van der Waals surface area contributed by atoms with Crippen molar-refractivity contribution in [2.75, 3.05) is 13.1 Å². The Labute approximate surface area is 126 Å². The molecule has 0 fully saturated rings. The van der Waals surface area contributed by atoms with Gasteiger partial charge in [-0.05, 0) is 39.4 Å². The summed E-state index contributed by atoms with van der Waals surface area (Å²) in [4.78, 5) is 1.03. The van der Waals surface area contributed by atoms with Gasteiger partial charge in [0.2, 0.25) is 0 Å². The van der Waals surface area contributed by atoms with E-state index in [1.165, 1.54) is 15.6 Å². The fourth-order valence-corrected chi connectivity index (χ4v) is 5.00. The molecule has 0 spiro atoms. The molecule has 0 aliphatic carbocycles. The minimum atomic E-state index is -3.47. The standard InChI is InChI=1S/C14H24N2O2S2/c1-6-10-16(14(3,4)5)20(17,18)13-9-8-12(19-13)11-15-7-2/h6,8-9,15H,1,7,10-11H2,2-5H3. The van der Waals surface area contributed by atoms with Crippen LogP contribution in [0.5, 0.6) is 0 Å². The smallest absolute Gasteiger partial charge is 0.253 e. The van der Waals surface area contributed by atoms with Gasteiger partial charge in [0.05, 0.1) is 0 Å². The lowest BCUT2D eigenvalue weighted by Gasteiger charge is -2.33. The molecule has 0 aromatic carbocycles. The second-order valence-corrected chi connectivity index (χ2v) is 8.75. The van der Waals surface area contributed by atoms with Crippen molar-refractivity contribution >= 4 is 21.4 Å². The Balaban J connectivity index is 3.07. The van der Waals surface area contributed by atoms with Gasteiger partial charge >= 0.3 is 0 Å². The first-order chi connectivity index (χ1) is 9.23. The number of sulfonamides is 1. The fraction of sp³-hybridized carbons (Fsp3) is 0.571. The summed E-state index contributed by atoms with van der Waals surface area (Å²) in [5.74, 6) is 0. The third kappa shape index (κ3) is 4.15. The lowest BCUT2D eigenvalue weighted by molar-refractivity contribution is 0.270.